The van der Waals surface area contributed by atoms with Crippen molar-refractivity contribution in [3.63, 3.8) is 0 Å². The monoisotopic (exact) mass is 302 g/mol. The van der Waals surface area contributed by atoms with Crippen LogP contribution in [0.1, 0.15) is 78.1 Å². The van der Waals surface area contributed by atoms with Crippen LogP contribution in [-0.4, -0.2) is 37.0 Å². The Morgan fingerprint density at radius 2 is 1.67 bits per heavy atom. The fourth-order valence-corrected chi connectivity index (χ4v) is 2.61. The second-order valence-corrected chi connectivity index (χ2v) is 6.07. The van der Waals surface area contributed by atoms with Gasteiger partial charge in [-0.2, -0.15) is 0 Å². The van der Waals surface area contributed by atoms with Gasteiger partial charge in [0.2, 0.25) is 0 Å². The van der Waals surface area contributed by atoms with Gasteiger partial charge in [0, 0.05) is 0 Å². The molecule has 0 amide bonds. The molecule has 0 aromatic carbocycles. The second-order valence-electron chi connectivity index (χ2n) is 6.07. The van der Waals surface area contributed by atoms with E-state index in [0.29, 0.717) is 13.2 Å². The third-order valence-electron chi connectivity index (χ3n) is 3.88. The molecule has 4 heteroatoms. The summed E-state index contributed by atoms with van der Waals surface area (Å²) in [6, 6.07) is 0. The molecule has 0 bridgehead atoms. The smallest absolute Gasteiger partial charge is 0.158 e. The molecule has 0 aromatic rings. The molecule has 1 aliphatic rings. The number of unbranched alkanes of at least 4 members (excludes halogenated alkanes) is 8. The van der Waals surface area contributed by atoms with Gasteiger partial charge in [0.25, 0.3) is 0 Å². The molecule has 0 saturated carbocycles. The van der Waals surface area contributed by atoms with Crippen molar-refractivity contribution in [3.8, 4) is 0 Å². The number of hydrogen-bond donors (Lipinski definition) is 1. The van der Waals surface area contributed by atoms with E-state index in [-0.39, 0.29) is 12.4 Å². The molecule has 0 aromatic heterocycles. The maximum absolute atomic E-state index is 9.05. The van der Waals surface area contributed by atoms with E-state index in [0.717, 1.165) is 6.42 Å². The predicted molar refractivity (Wildman–Crippen MR) is 84.1 cm³/mol. The molecule has 126 valence electrons. The zero-order valence-corrected chi connectivity index (χ0v) is 13.9. The minimum atomic E-state index is -0.732. The van der Waals surface area contributed by atoms with Gasteiger partial charge in [0.1, 0.15) is 6.10 Å². The lowest BCUT2D eigenvalue weighted by molar-refractivity contribution is -0.124. The van der Waals surface area contributed by atoms with Crippen LogP contribution >= 0.6 is 0 Å². The van der Waals surface area contributed by atoms with Gasteiger partial charge in [0.05, 0.1) is 13.2 Å². The molecule has 4 nitrogen and oxygen atoms in total. The van der Waals surface area contributed by atoms with Gasteiger partial charge < -0.3 is 19.3 Å². The Labute approximate surface area is 130 Å². The lowest BCUT2D eigenvalue weighted by Gasteiger charge is -2.12. The summed E-state index contributed by atoms with van der Waals surface area (Å²) < 4.78 is 16.4. The van der Waals surface area contributed by atoms with Crippen LogP contribution in [0.2, 0.25) is 0 Å². The Morgan fingerprint density at radius 3 is 2.29 bits per heavy atom. The lowest BCUT2D eigenvalue weighted by atomic mass is 10.1. The zero-order valence-electron chi connectivity index (χ0n) is 13.9. The maximum Gasteiger partial charge on any atom is 0.158 e. The number of aliphatic hydroxyl groups excluding tert-OH is 1. The van der Waals surface area contributed by atoms with Crippen LogP contribution in [0.15, 0.2) is 0 Å². The number of ether oxygens (including phenoxy) is 3. The first-order valence-corrected chi connectivity index (χ1v) is 8.79. The summed E-state index contributed by atoms with van der Waals surface area (Å²) in [5.41, 5.74) is 0. The van der Waals surface area contributed by atoms with E-state index >= 15 is 0 Å². The van der Waals surface area contributed by atoms with Crippen molar-refractivity contribution >= 4 is 0 Å². The number of hydrogen-bond acceptors (Lipinski definition) is 4. The zero-order chi connectivity index (χ0) is 15.3. The molecule has 1 saturated heterocycles. The van der Waals surface area contributed by atoms with E-state index in [1.165, 1.54) is 57.8 Å². The van der Waals surface area contributed by atoms with Crippen LogP contribution in [0.3, 0.4) is 0 Å². The first-order chi connectivity index (χ1) is 10.2. The molecule has 1 N–H and O–H groups in total. The molecule has 3 atom stereocenters. The third-order valence-corrected chi connectivity index (χ3v) is 3.88. The van der Waals surface area contributed by atoms with Crippen LogP contribution in [0.5, 0.6) is 0 Å². The average molecular weight is 302 g/mol. The van der Waals surface area contributed by atoms with E-state index in [2.05, 4.69) is 6.92 Å². The number of rotatable bonds is 13. The summed E-state index contributed by atoms with van der Waals surface area (Å²) in [5.74, 6) is 0. The standard InChI is InChI=1S/C17H34O4/c1-3-4-5-6-7-8-9-10-11-12-17-20-14-16(21-17)13-19-15(2)18/h15-18H,3-14H2,1-2H3. The van der Waals surface area contributed by atoms with Gasteiger partial charge >= 0.3 is 0 Å². The van der Waals surface area contributed by atoms with Crippen LogP contribution < -0.4 is 0 Å². The van der Waals surface area contributed by atoms with E-state index in [9.17, 15) is 0 Å². The Hall–Kier alpha value is -0.160. The normalized spacial score (nSPS) is 23.6. The summed E-state index contributed by atoms with van der Waals surface area (Å²) in [4.78, 5) is 0. The van der Waals surface area contributed by atoms with Crippen molar-refractivity contribution in [2.75, 3.05) is 13.2 Å². The van der Waals surface area contributed by atoms with Crippen LogP contribution in [0, 0.1) is 0 Å². The topological polar surface area (TPSA) is 47.9 Å². The molecule has 0 spiro atoms. The molecular weight excluding hydrogens is 268 g/mol. The van der Waals surface area contributed by atoms with Crippen molar-refractivity contribution in [2.24, 2.45) is 0 Å². The average Bonchev–Trinajstić information content (AvgIpc) is 2.91. The van der Waals surface area contributed by atoms with Crippen molar-refractivity contribution in [3.05, 3.63) is 0 Å². The first-order valence-electron chi connectivity index (χ1n) is 8.79. The highest BCUT2D eigenvalue weighted by atomic mass is 16.7. The Morgan fingerprint density at radius 1 is 1.05 bits per heavy atom. The van der Waals surface area contributed by atoms with Gasteiger partial charge in [-0.3, -0.25) is 0 Å². The van der Waals surface area contributed by atoms with Gasteiger partial charge in [-0.1, -0.05) is 58.3 Å². The van der Waals surface area contributed by atoms with E-state index in [1.54, 1.807) is 6.92 Å². The Kier molecular flexibility index (Phi) is 11.1. The highest BCUT2D eigenvalue weighted by Crippen LogP contribution is 2.19. The molecular formula is C17H34O4. The van der Waals surface area contributed by atoms with E-state index in [1.807, 2.05) is 0 Å². The molecule has 0 radical (unpaired) electrons. The van der Waals surface area contributed by atoms with Crippen LogP contribution in [0.25, 0.3) is 0 Å². The minimum Gasteiger partial charge on any atom is -0.368 e. The fourth-order valence-electron chi connectivity index (χ4n) is 2.61. The van der Waals surface area contributed by atoms with Crippen LogP contribution in [-0.2, 0) is 14.2 Å². The van der Waals surface area contributed by atoms with Crippen LogP contribution in [0.4, 0.5) is 0 Å². The second kappa shape index (κ2) is 12.4. The predicted octanol–water partition coefficient (Wildman–Crippen LogP) is 4.00. The van der Waals surface area contributed by atoms with Crippen molar-refractivity contribution < 1.29 is 19.3 Å². The maximum atomic E-state index is 9.05. The summed E-state index contributed by atoms with van der Waals surface area (Å²) in [7, 11) is 0. The quantitative estimate of drug-likeness (QED) is 0.412. The van der Waals surface area contributed by atoms with Gasteiger partial charge in [0.15, 0.2) is 12.6 Å². The van der Waals surface area contributed by atoms with E-state index in [4.69, 9.17) is 19.3 Å². The van der Waals surface area contributed by atoms with Gasteiger partial charge in [-0.15, -0.1) is 0 Å². The lowest BCUT2D eigenvalue weighted by Crippen LogP contribution is -2.22. The molecule has 3 unspecified atom stereocenters. The fraction of sp³-hybridized carbons (Fsp3) is 1.00. The molecule has 1 rings (SSSR count). The molecule has 0 aliphatic carbocycles. The molecule has 21 heavy (non-hydrogen) atoms. The van der Waals surface area contributed by atoms with Crippen molar-refractivity contribution in [2.45, 2.75) is 96.7 Å². The molecule has 1 fully saturated rings. The molecule has 1 aliphatic heterocycles. The summed E-state index contributed by atoms with van der Waals surface area (Å²) in [6.07, 6.45) is 12.2. The summed E-state index contributed by atoms with van der Waals surface area (Å²) >= 11 is 0. The highest BCUT2D eigenvalue weighted by molar-refractivity contribution is 4.65. The Balaban J connectivity index is 1.86. The Bertz CT molecular complexity index is 233. The first kappa shape index (κ1) is 18.9. The van der Waals surface area contributed by atoms with Crippen molar-refractivity contribution in [1.82, 2.24) is 0 Å². The van der Waals surface area contributed by atoms with Gasteiger partial charge in [-0.05, 0) is 19.8 Å². The minimum absolute atomic E-state index is 0.0248. The largest absolute Gasteiger partial charge is 0.368 e. The summed E-state index contributed by atoms with van der Waals surface area (Å²) in [5, 5.41) is 9.05. The highest BCUT2D eigenvalue weighted by Gasteiger charge is 2.25. The number of aliphatic hydroxyl groups is 1. The van der Waals surface area contributed by atoms with Gasteiger partial charge in [-0.25, -0.2) is 0 Å². The SMILES string of the molecule is CCCCCCCCCCCC1OCC(COC(C)O)O1. The van der Waals surface area contributed by atoms with E-state index < -0.39 is 6.29 Å². The molecule has 1 heterocycles. The van der Waals surface area contributed by atoms with Crippen molar-refractivity contribution in [1.29, 1.82) is 0 Å². The third kappa shape index (κ3) is 10.2. The summed E-state index contributed by atoms with van der Waals surface area (Å²) in [6.45, 7) is 4.85.